The smallest absolute Gasteiger partial charge is 0.251 e. The van der Waals surface area contributed by atoms with Crippen LogP contribution in [0.15, 0.2) is 24.3 Å². The molecule has 0 atom stereocenters. The minimum atomic E-state index is -0.953. The number of aliphatic hydroxyl groups is 1. The molecular formula is C15H22N2O3. The Labute approximate surface area is 119 Å². The molecule has 0 unspecified atom stereocenters. The predicted octanol–water partition coefficient (Wildman–Crippen LogP) is 0.954. The van der Waals surface area contributed by atoms with Gasteiger partial charge >= 0.3 is 0 Å². The molecule has 2 N–H and O–H groups in total. The zero-order valence-electron chi connectivity index (χ0n) is 12.4. The monoisotopic (exact) mass is 278 g/mol. The Balaban J connectivity index is 2.48. The van der Waals surface area contributed by atoms with Crippen molar-refractivity contribution in [2.75, 3.05) is 20.1 Å². The van der Waals surface area contributed by atoms with Crippen LogP contribution in [-0.2, 0) is 4.79 Å². The number of nitrogens with zero attached hydrogens (tertiary/aromatic N) is 1. The van der Waals surface area contributed by atoms with Crippen molar-refractivity contribution in [1.82, 2.24) is 10.2 Å². The molecule has 0 aliphatic heterocycles. The van der Waals surface area contributed by atoms with Crippen molar-refractivity contribution in [2.45, 2.75) is 26.4 Å². The summed E-state index contributed by atoms with van der Waals surface area (Å²) in [5, 5.41) is 12.2. The van der Waals surface area contributed by atoms with Gasteiger partial charge in [-0.25, -0.2) is 0 Å². The van der Waals surface area contributed by atoms with Gasteiger partial charge in [-0.2, -0.15) is 0 Å². The van der Waals surface area contributed by atoms with E-state index in [9.17, 15) is 14.7 Å². The van der Waals surface area contributed by atoms with Crippen molar-refractivity contribution in [3.05, 3.63) is 35.4 Å². The molecule has 20 heavy (non-hydrogen) atoms. The average Bonchev–Trinajstić information content (AvgIpc) is 2.34. The Bertz CT molecular complexity index is 475. The maximum absolute atomic E-state index is 11.8. The van der Waals surface area contributed by atoms with Crippen LogP contribution in [-0.4, -0.2) is 47.6 Å². The largest absolute Gasteiger partial charge is 0.389 e. The number of carbonyl (C=O) groups is 2. The number of nitrogens with one attached hydrogen (secondary N) is 1. The van der Waals surface area contributed by atoms with E-state index >= 15 is 0 Å². The fourth-order valence-electron chi connectivity index (χ4n) is 1.77. The van der Waals surface area contributed by atoms with Gasteiger partial charge in [0.1, 0.15) is 0 Å². The molecule has 0 fully saturated rings. The van der Waals surface area contributed by atoms with Crippen molar-refractivity contribution in [1.29, 1.82) is 0 Å². The third-order valence-electron chi connectivity index (χ3n) is 2.76. The molecular weight excluding hydrogens is 256 g/mol. The Morgan fingerprint density at radius 3 is 2.30 bits per heavy atom. The van der Waals surface area contributed by atoms with E-state index in [1.54, 1.807) is 33.0 Å². The minimum Gasteiger partial charge on any atom is -0.389 e. The number of aryl methyl sites for hydroxylation is 1. The van der Waals surface area contributed by atoms with Gasteiger partial charge in [0.05, 0.1) is 12.1 Å². The summed E-state index contributed by atoms with van der Waals surface area (Å²) >= 11 is 0. The lowest BCUT2D eigenvalue weighted by Gasteiger charge is -2.25. The lowest BCUT2D eigenvalue weighted by Crippen LogP contribution is -2.44. The average molecular weight is 278 g/mol. The van der Waals surface area contributed by atoms with Crippen molar-refractivity contribution in [3.8, 4) is 0 Å². The van der Waals surface area contributed by atoms with Crippen LogP contribution in [0.2, 0.25) is 0 Å². The Morgan fingerprint density at radius 2 is 1.80 bits per heavy atom. The SMILES string of the molecule is Cc1ccc(C(=O)NCC(=O)N(C)CC(C)(C)O)cc1. The standard InChI is InChI=1S/C15H22N2O3/c1-11-5-7-12(8-6-11)14(19)16-9-13(18)17(4)10-15(2,3)20/h5-8,20H,9-10H2,1-4H3,(H,16,19). The van der Waals surface area contributed by atoms with Crippen LogP contribution in [0, 0.1) is 6.92 Å². The molecule has 0 aromatic heterocycles. The van der Waals surface area contributed by atoms with Crippen LogP contribution >= 0.6 is 0 Å². The third-order valence-corrected chi connectivity index (χ3v) is 2.76. The van der Waals surface area contributed by atoms with E-state index in [1.807, 2.05) is 19.1 Å². The molecule has 5 nitrogen and oxygen atoms in total. The van der Waals surface area contributed by atoms with E-state index in [0.29, 0.717) is 5.56 Å². The number of hydrogen-bond donors (Lipinski definition) is 2. The molecule has 1 rings (SSSR count). The van der Waals surface area contributed by atoms with Crippen LogP contribution < -0.4 is 5.32 Å². The highest BCUT2D eigenvalue weighted by Crippen LogP contribution is 2.04. The topological polar surface area (TPSA) is 69.6 Å². The summed E-state index contributed by atoms with van der Waals surface area (Å²) in [5.41, 5.74) is 0.641. The zero-order chi connectivity index (χ0) is 15.3. The van der Waals surface area contributed by atoms with Gasteiger partial charge in [-0.05, 0) is 32.9 Å². The molecule has 0 saturated carbocycles. The molecule has 0 bridgehead atoms. The first-order chi connectivity index (χ1) is 9.19. The van der Waals surface area contributed by atoms with Gasteiger partial charge < -0.3 is 15.3 Å². The fraction of sp³-hybridized carbons (Fsp3) is 0.467. The molecule has 0 saturated heterocycles. The van der Waals surface area contributed by atoms with E-state index in [-0.39, 0.29) is 24.9 Å². The normalized spacial score (nSPS) is 11.1. The number of likely N-dealkylation sites (N-methyl/N-ethyl adjacent to an activating group) is 1. The van der Waals surface area contributed by atoms with Gasteiger partial charge in [-0.15, -0.1) is 0 Å². The zero-order valence-corrected chi connectivity index (χ0v) is 12.4. The molecule has 1 aromatic rings. The van der Waals surface area contributed by atoms with Gasteiger partial charge in [-0.1, -0.05) is 17.7 Å². The molecule has 0 aliphatic carbocycles. The number of amides is 2. The maximum atomic E-state index is 11.8. The summed E-state index contributed by atoms with van der Waals surface area (Å²) in [6.45, 7) is 5.33. The van der Waals surface area contributed by atoms with E-state index in [0.717, 1.165) is 5.56 Å². The van der Waals surface area contributed by atoms with E-state index in [2.05, 4.69) is 5.32 Å². The number of rotatable bonds is 5. The maximum Gasteiger partial charge on any atom is 0.251 e. The van der Waals surface area contributed by atoms with Crippen LogP contribution in [0.1, 0.15) is 29.8 Å². The molecule has 0 heterocycles. The Hall–Kier alpha value is -1.88. The van der Waals surface area contributed by atoms with E-state index in [1.165, 1.54) is 4.90 Å². The molecule has 2 amide bonds. The van der Waals surface area contributed by atoms with Crippen LogP contribution in [0.5, 0.6) is 0 Å². The molecule has 0 radical (unpaired) electrons. The number of benzene rings is 1. The van der Waals surface area contributed by atoms with Crippen molar-refractivity contribution in [2.24, 2.45) is 0 Å². The van der Waals surface area contributed by atoms with Gasteiger partial charge in [0.25, 0.3) is 5.91 Å². The van der Waals surface area contributed by atoms with Gasteiger partial charge in [0.15, 0.2) is 0 Å². The van der Waals surface area contributed by atoms with Crippen LogP contribution in [0.4, 0.5) is 0 Å². The second kappa shape index (κ2) is 6.52. The first kappa shape index (κ1) is 16.2. The minimum absolute atomic E-state index is 0.0840. The highest BCUT2D eigenvalue weighted by Gasteiger charge is 2.19. The molecule has 0 aliphatic rings. The highest BCUT2D eigenvalue weighted by atomic mass is 16.3. The molecule has 110 valence electrons. The van der Waals surface area contributed by atoms with Crippen LogP contribution in [0.25, 0.3) is 0 Å². The molecule has 5 heteroatoms. The van der Waals surface area contributed by atoms with E-state index < -0.39 is 5.60 Å². The van der Waals surface area contributed by atoms with Crippen LogP contribution in [0.3, 0.4) is 0 Å². The first-order valence-electron chi connectivity index (χ1n) is 6.50. The Kier molecular flexibility index (Phi) is 5.27. The van der Waals surface area contributed by atoms with E-state index in [4.69, 9.17) is 0 Å². The molecule has 1 aromatic carbocycles. The van der Waals surface area contributed by atoms with Gasteiger partial charge in [0.2, 0.25) is 5.91 Å². The number of hydrogen-bond acceptors (Lipinski definition) is 3. The lowest BCUT2D eigenvalue weighted by molar-refractivity contribution is -0.131. The first-order valence-corrected chi connectivity index (χ1v) is 6.50. The predicted molar refractivity (Wildman–Crippen MR) is 77.4 cm³/mol. The quantitative estimate of drug-likeness (QED) is 0.842. The summed E-state index contributed by atoms with van der Waals surface area (Å²) in [6, 6.07) is 7.12. The lowest BCUT2D eigenvalue weighted by atomic mass is 10.1. The second-order valence-corrected chi connectivity index (χ2v) is 5.61. The summed E-state index contributed by atoms with van der Waals surface area (Å²) in [4.78, 5) is 25.0. The second-order valence-electron chi connectivity index (χ2n) is 5.61. The third kappa shape index (κ3) is 5.40. The van der Waals surface area contributed by atoms with Gasteiger partial charge in [0, 0.05) is 19.2 Å². The Morgan fingerprint density at radius 1 is 1.25 bits per heavy atom. The van der Waals surface area contributed by atoms with Gasteiger partial charge in [-0.3, -0.25) is 9.59 Å². The highest BCUT2D eigenvalue weighted by molar-refractivity contribution is 5.96. The van der Waals surface area contributed by atoms with Crippen molar-refractivity contribution >= 4 is 11.8 Å². The molecule has 0 spiro atoms. The fourth-order valence-corrected chi connectivity index (χ4v) is 1.77. The summed E-state index contributed by atoms with van der Waals surface area (Å²) in [6.07, 6.45) is 0. The van der Waals surface area contributed by atoms with Crippen molar-refractivity contribution < 1.29 is 14.7 Å². The summed E-state index contributed by atoms with van der Waals surface area (Å²) < 4.78 is 0. The number of carbonyl (C=O) groups excluding carboxylic acids is 2. The van der Waals surface area contributed by atoms with Crippen molar-refractivity contribution in [3.63, 3.8) is 0 Å². The summed E-state index contributed by atoms with van der Waals surface area (Å²) in [7, 11) is 1.60. The summed E-state index contributed by atoms with van der Waals surface area (Å²) in [5.74, 6) is -0.525.